The first-order valence-electron chi connectivity index (χ1n) is 13.1. The van der Waals surface area contributed by atoms with Gasteiger partial charge in [0.2, 0.25) is 0 Å². The highest BCUT2D eigenvalue weighted by atomic mass is 16.5. The van der Waals surface area contributed by atoms with E-state index in [1.807, 2.05) is 12.1 Å². The molecule has 2 aliphatic carbocycles. The predicted octanol–water partition coefficient (Wildman–Crippen LogP) is 4.20. The number of para-hydroxylation sites is 1. The van der Waals surface area contributed by atoms with Crippen molar-refractivity contribution in [3.05, 3.63) is 29.5 Å². The van der Waals surface area contributed by atoms with Crippen LogP contribution < -0.4 is 4.74 Å². The van der Waals surface area contributed by atoms with Crippen molar-refractivity contribution in [2.24, 2.45) is 16.7 Å². The van der Waals surface area contributed by atoms with Gasteiger partial charge in [-0.05, 0) is 42.1 Å². The van der Waals surface area contributed by atoms with Crippen LogP contribution >= 0.6 is 0 Å². The van der Waals surface area contributed by atoms with E-state index in [1.54, 1.807) is 7.11 Å². The number of hydrogen-bond acceptors (Lipinski definition) is 4. The summed E-state index contributed by atoms with van der Waals surface area (Å²) in [6, 6.07) is 6.50. The minimum atomic E-state index is 0.173. The fourth-order valence-corrected chi connectivity index (χ4v) is 8.18. The van der Waals surface area contributed by atoms with Gasteiger partial charge in [-0.2, -0.15) is 0 Å². The molecule has 0 N–H and O–H groups in total. The van der Waals surface area contributed by atoms with E-state index < -0.39 is 0 Å². The quantitative estimate of drug-likeness (QED) is 0.664. The Morgan fingerprint density at radius 3 is 2.62 bits per heavy atom. The Morgan fingerprint density at radius 1 is 1.12 bits per heavy atom. The molecule has 0 radical (unpaired) electrons. The molecule has 6 nitrogen and oxygen atoms in total. The molecule has 34 heavy (non-hydrogen) atoms. The fourth-order valence-electron chi connectivity index (χ4n) is 8.18. The predicted molar refractivity (Wildman–Crippen MR) is 134 cm³/mol. The van der Waals surface area contributed by atoms with E-state index >= 15 is 0 Å². The number of rotatable bonds is 5. The standard InChI is InChI=1S/C28H39N3O3/c1-27(2)19-8-10-28(3,18-19)26(27)31-11-9-21-23(25(31)32)20-6-5-7-22(33-4)24(20)30(21)13-12-29-14-16-34-17-15-29/h5-7,19,26H,8-18H2,1-4H3/t19?,26-,28+/m1/s1. The van der Waals surface area contributed by atoms with Crippen LogP contribution in [0.2, 0.25) is 0 Å². The molecular formula is C28H39N3O3. The second-order valence-electron chi connectivity index (χ2n) is 11.8. The average Bonchev–Trinajstić information content (AvgIpc) is 3.44. The zero-order valence-electron chi connectivity index (χ0n) is 21.2. The Hall–Kier alpha value is -2.05. The van der Waals surface area contributed by atoms with Gasteiger partial charge in [0, 0.05) is 56.3 Å². The summed E-state index contributed by atoms with van der Waals surface area (Å²) in [5.41, 5.74) is 3.61. The van der Waals surface area contributed by atoms with Crippen molar-refractivity contribution >= 4 is 16.8 Å². The van der Waals surface area contributed by atoms with Crippen molar-refractivity contribution in [1.82, 2.24) is 14.4 Å². The largest absolute Gasteiger partial charge is 0.495 e. The van der Waals surface area contributed by atoms with Crippen LogP contribution in [0.1, 0.15) is 56.1 Å². The number of ether oxygens (including phenoxy) is 2. The van der Waals surface area contributed by atoms with Gasteiger partial charge < -0.3 is 18.9 Å². The summed E-state index contributed by atoms with van der Waals surface area (Å²) in [6.45, 7) is 13.5. The van der Waals surface area contributed by atoms with Gasteiger partial charge in [-0.3, -0.25) is 9.69 Å². The van der Waals surface area contributed by atoms with Gasteiger partial charge in [0.25, 0.3) is 5.91 Å². The van der Waals surface area contributed by atoms with Gasteiger partial charge in [0.05, 0.1) is 31.4 Å². The number of methoxy groups -OCH3 is 1. The number of carbonyl (C=O) groups is 1. The van der Waals surface area contributed by atoms with Crippen LogP contribution in [0, 0.1) is 16.7 Å². The fraction of sp³-hybridized carbons (Fsp3) is 0.679. The number of benzene rings is 1. The van der Waals surface area contributed by atoms with Crippen LogP contribution in [0.25, 0.3) is 10.9 Å². The Balaban J connectivity index is 1.40. The van der Waals surface area contributed by atoms with E-state index in [0.29, 0.717) is 6.04 Å². The average molecular weight is 466 g/mol. The molecule has 3 heterocycles. The smallest absolute Gasteiger partial charge is 0.256 e. The van der Waals surface area contributed by atoms with Crippen molar-refractivity contribution < 1.29 is 14.3 Å². The highest BCUT2D eigenvalue weighted by Crippen LogP contribution is 2.64. The summed E-state index contributed by atoms with van der Waals surface area (Å²) in [6.07, 6.45) is 4.73. The van der Waals surface area contributed by atoms with Crippen LogP contribution in [0.15, 0.2) is 18.2 Å². The number of nitrogens with zero attached hydrogens (tertiary/aromatic N) is 3. The van der Waals surface area contributed by atoms with E-state index in [-0.39, 0.29) is 16.7 Å². The van der Waals surface area contributed by atoms with Crippen molar-refractivity contribution in [2.45, 2.75) is 59.0 Å². The topological polar surface area (TPSA) is 46.9 Å². The number of aromatic nitrogens is 1. The SMILES string of the molecule is COc1cccc2c3c(n(CCN4CCOCC4)c12)CCN([C@@H]1C(C)(C)C2CC[C@@]1(C)C2)C3=O. The van der Waals surface area contributed by atoms with Gasteiger partial charge in [0.15, 0.2) is 0 Å². The molecule has 2 aromatic rings. The molecule has 6 rings (SSSR count). The molecule has 3 fully saturated rings. The number of hydrogen-bond donors (Lipinski definition) is 0. The first-order valence-corrected chi connectivity index (χ1v) is 13.1. The van der Waals surface area contributed by atoms with Gasteiger partial charge in [0.1, 0.15) is 5.75 Å². The summed E-state index contributed by atoms with van der Waals surface area (Å²) in [5, 5.41) is 1.05. The molecule has 6 heteroatoms. The van der Waals surface area contributed by atoms with Gasteiger partial charge in [-0.25, -0.2) is 0 Å². The van der Waals surface area contributed by atoms with Crippen LogP contribution in [-0.2, 0) is 17.7 Å². The maximum absolute atomic E-state index is 14.3. The van der Waals surface area contributed by atoms with Crippen LogP contribution in [0.4, 0.5) is 0 Å². The Morgan fingerprint density at radius 2 is 1.91 bits per heavy atom. The number of morpholine rings is 1. The molecule has 2 bridgehead atoms. The van der Waals surface area contributed by atoms with Crippen molar-refractivity contribution in [3.8, 4) is 5.75 Å². The minimum absolute atomic E-state index is 0.173. The molecule has 2 aliphatic heterocycles. The summed E-state index contributed by atoms with van der Waals surface area (Å²) < 4.78 is 13.7. The van der Waals surface area contributed by atoms with E-state index in [2.05, 4.69) is 41.2 Å². The minimum Gasteiger partial charge on any atom is -0.495 e. The first-order chi connectivity index (χ1) is 16.3. The Kier molecular flexibility index (Phi) is 5.27. The zero-order valence-corrected chi connectivity index (χ0v) is 21.2. The molecule has 1 aromatic carbocycles. The zero-order chi connectivity index (χ0) is 23.7. The van der Waals surface area contributed by atoms with Crippen molar-refractivity contribution in [1.29, 1.82) is 0 Å². The molecule has 1 saturated heterocycles. The van der Waals surface area contributed by atoms with Gasteiger partial charge >= 0.3 is 0 Å². The molecule has 3 atom stereocenters. The Bertz CT molecular complexity index is 1110. The Labute approximate surface area is 203 Å². The van der Waals surface area contributed by atoms with Crippen LogP contribution in [0.5, 0.6) is 5.75 Å². The van der Waals surface area contributed by atoms with Crippen molar-refractivity contribution in [2.75, 3.05) is 46.5 Å². The highest BCUT2D eigenvalue weighted by Gasteiger charge is 2.62. The lowest BCUT2D eigenvalue weighted by atomic mass is 9.67. The maximum atomic E-state index is 14.3. The lowest BCUT2D eigenvalue weighted by Gasteiger charge is -2.50. The van der Waals surface area contributed by atoms with E-state index in [9.17, 15) is 4.79 Å². The third-order valence-electron chi connectivity index (χ3n) is 9.69. The third kappa shape index (κ3) is 3.17. The first kappa shape index (κ1) is 22.4. The monoisotopic (exact) mass is 465 g/mol. The van der Waals surface area contributed by atoms with Gasteiger partial charge in [-0.15, -0.1) is 0 Å². The van der Waals surface area contributed by atoms with Crippen LogP contribution in [-0.4, -0.2) is 72.8 Å². The van der Waals surface area contributed by atoms with Crippen LogP contribution in [0.3, 0.4) is 0 Å². The summed E-state index contributed by atoms with van der Waals surface area (Å²) in [5.74, 6) is 1.82. The normalized spacial score (nSPS) is 30.8. The summed E-state index contributed by atoms with van der Waals surface area (Å²) >= 11 is 0. The molecule has 4 aliphatic rings. The number of carbonyl (C=O) groups excluding carboxylic acids is 1. The third-order valence-corrected chi connectivity index (χ3v) is 9.69. The molecule has 1 unspecified atom stereocenters. The van der Waals surface area contributed by atoms with Gasteiger partial charge in [-0.1, -0.05) is 32.9 Å². The molecular weight excluding hydrogens is 426 g/mol. The summed E-state index contributed by atoms with van der Waals surface area (Å²) in [7, 11) is 1.74. The summed E-state index contributed by atoms with van der Waals surface area (Å²) in [4.78, 5) is 19.0. The maximum Gasteiger partial charge on any atom is 0.256 e. The van der Waals surface area contributed by atoms with Crippen molar-refractivity contribution in [3.63, 3.8) is 0 Å². The second kappa shape index (κ2) is 7.99. The number of fused-ring (bicyclic) bond motifs is 5. The van der Waals surface area contributed by atoms with E-state index in [0.717, 1.165) is 80.5 Å². The molecule has 1 aromatic heterocycles. The molecule has 1 amide bonds. The lowest BCUT2D eigenvalue weighted by molar-refractivity contribution is 0.00466. The molecule has 0 spiro atoms. The highest BCUT2D eigenvalue weighted by molar-refractivity contribution is 6.10. The molecule has 2 saturated carbocycles. The number of amides is 1. The molecule has 184 valence electrons. The van der Waals surface area contributed by atoms with E-state index in [1.165, 1.54) is 25.0 Å². The van der Waals surface area contributed by atoms with E-state index in [4.69, 9.17) is 9.47 Å². The second-order valence-corrected chi connectivity index (χ2v) is 11.8. The lowest BCUT2D eigenvalue weighted by Crippen LogP contribution is -2.56.